The highest BCUT2D eigenvalue weighted by Gasteiger charge is 2.50. The molecule has 5 N–H and O–H groups in total. The van der Waals surface area contributed by atoms with Gasteiger partial charge in [-0.1, -0.05) is 141 Å². The molecule has 1 fully saturated rings. The van der Waals surface area contributed by atoms with Crippen LogP contribution in [0.4, 0.5) is 4.79 Å². The lowest BCUT2D eigenvalue weighted by Gasteiger charge is -2.45. The molecular formula is C50H59N5O6S2. The van der Waals surface area contributed by atoms with Crippen LogP contribution < -0.4 is 16.4 Å². The zero-order valence-electron chi connectivity index (χ0n) is 36.3. The largest absolute Gasteiger partial charge is 0.450 e. The number of thioether (sulfide) groups is 1. The Balaban J connectivity index is 1.25. The second-order valence-electron chi connectivity index (χ2n) is 16.6. The molecule has 0 unspecified atom stereocenters. The molecule has 1 aromatic heterocycles. The van der Waals surface area contributed by atoms with Crippen LogP contribution in [0.2, 0.25) is 0 Å². The summed E-state index contributed by atoms with van der Waals surface area (Å²) in [6.07, 6.45) is 3.46. The van der Waals surface area contributed by atoms with Crippen molar-refractivity contribution < 1.29 is 29.0 Å². The summed E-state index contributed by atoms with van der Waals surface area (Å²) in [6.45, 7) is 6.42. The van der Waals surface area contributed by atoms with E-state index in [0.29, 0.717) is 13.0 Å². The molecule has 0 radical (unpaired) electrons. The molecule has 332 valence electrons. The first-order chi connectivity index (χ1) is 30.4. The number of carbonyl (C=O) groups is 4. The minimum Gasteiger partial charge on any atom is -0.450 e. The number of ether oxygens (including phenoxy) is 1. The number of β-amino-alcohol motifs (C(OH)–C–C–N with tert-alkyl or cyclic N) is 1. The number of nitrogens with zero attached hydrogens (tertiary/aromatic N) is 2. The summed E-state index contributed by atoms with van der Waals surface area (Å²) in [5.74, 6) is -1.06. The van der Waals surface area contributed by atoms with Crippen molar-refractivity contribution in [3.05, 3.63) is 149 Å². The van der Waals surface area contributed by atoms with E-state index in [0.717, 1.165) is 70.5 Å². The zero-order valence-corrected chi connectivity index (χ0v) is 38.0. The van der Waals surface area contributed by atoms with Crippen molar-refractivity contribution in [2.75, 3.05) is 13.2 Å². The molecule has 63 heavy (non-hydrogen) atoms. The van der Waals surface area contributed by atoms with E-state index < -0.39 is 39.7 Å². The van der Waals surface area contributed by atoms with E-state index >= 15 is 4.79 Å². The van der Waals surface area contributed by atoms with Crippen LogP contribution in [0.25, 0.3) is 10.4 Å². The predicted octanol–water partition coefficient (Wildman–Crippen LogP) is 8.51. The molecular weight excluding hydrogens is 831 g/mol. The van der Waals surface area contributed by atoms with Gasteiger partial charge in [0.25, 0.3) is 0 Å². The van der Waals surface area contributed by atoms with Crippen molar-refractivity contribution in [1.29, 1.82) is 0 Å². The van der Waals surface area contributed by atoms with Crippen molar-refractivity contribution in [3.8, 4) is 10.4 Å². The van der Waals surface area contributed by atoms with Crippen LogP contribution in [0, 0.1) is 6.92 Å². The lowest BCUT2D eigenvalue weighted by molar-refractivity contribution is -0.142. The lowest BCUT2D eigenvalue weighted by atomic mass is 9.84. The average molecular weight is 890 g/mol. The first-order valence-electron chi connectivity index (χ1n) is 21.7. The number of aryl methyl sites for hydroxylation is 1. The van der Waals surface area contributed by atoms with Gasteiger partial charge < -0.3 is 31.1 Å². The normalized spacial score (nSPS) is 15.7. The maximum Gasteiger partial charge on any atom is 0.404 e. The van der Waals surface area contributed by atoms with E-state index in [1.165, 1.54) is 4.90 Å². The van der Waals surface area contributed by atoms with E-state index in [9.17, 15) is 19.5 Å². The van der Waals surface area contributed by atoms with Gasteiger partial charge in [-0.25, -0.2) is 9.78 Å². The van der Waals surface area contributed by atoms with Gasteiger partial charge in [-0.05, 0) is 61.4 Å². The first-order valence-corrected chi connectivity index (χ1v) is 23.4. The van der Waals surface area contributed by atoms with Gasteiger partial charge in [0.2, 0.25) is 17.7 Å². The minimum absolute atomic E-state index is 0.0430. The van der Waals surface area contributed by atoms with Gasteiger partial charge in [-0.3, -0.25) is 14.4 Å². The van der Waals surface area contributed by atoms with Crippen LogP contribution in [0.1, 0.15) is 93.2 Å². The van der Waals surface area contributed by atoms with Gasteiger partial charge in [-0.2, -0.15) is 0 Å². The van der Waals surface area contributed by atoms with Crippen LogP contribution in [-0.4, -0.2) is 74.9 Å². The Morgan fingerprint density at radius 1 is 0.841 bits per heavy atom. The number of primary amides is 1. The summed E-state index contributed by atoms with van der Waals surface area (Å²) in [4.78, 5) is 61.0. The number of carbonyl (C=O) groups excluding carboxylic acids is 4. The van der Waals surface area contributed by atoms with Crippen LogP contribution in [0.5, 0.6) is 0 Å². The Bertz CT molecular complexity index is 2160. The maximum atomic E-state index is 15.2. The Kier molecular flexibility index (Phi) is 16.6. The highest BCUT2D eigenvalue weighted by molar-refractivity contribution is 8.02. The number of aromatic nitrogens is 1. The monoisotopic (exact) mass is 889 g/mol. The highest BCUT2D eigenvalue weighted by atomic mass is 32.2. The molecule has 1 saturated heterocycles. The molecule has 2 heterocycles. The van der Waals surface area contributed by atoms with Gasteiger partial charge >= 0.3 is 6.09 Å². The Morgan fingerprint density at radius 3 is 1.94 bits per heavy atom. The number of hydrogen-bond acceptors (Lipinski definition) is 9. The molecule has 6 rings (SSSR count). The second kappa shape index (κ2) is 22.2. The molecule has 4 aromatic carbocycles. The summed E-state index contributed by atoms with van der Waals surface area (Å²) >= 11 is 3.16. The molecule has 5 aromatic rings. The number of aliphatic hydroxyl groups is 1. The molecule has 11 nitrogen and oxygen atoms in total. The van der Waals surface area contributed by atoms with Crippen molar-refractivity contribution in [2.24, 2.45) is 5.73 Å². The standard InChI is InChI=1S/C50H59N5O6S2/c1-35-44(62-34-53-35)37-28-26-36(27-29-37)32-52-46(58)42-31-41(56)33-55(42)47(59)45(54-43(57)25-17-6-4-5-7-18-30-61-48(51)60)49(2,3)63-50(38-19-11-8-12-20-38,39-21-13-9-14-22-39)40-23-15-10-16-24-40/h8-16,19-24,26-29,34,41-42,45,56H,4-7,17-18,25,30-33H2,1-3H3,(H2,51,60)(H,52,58)(H,54,57)/t41-,42+,45-/m1/s1. The SMILES string of the molecule is Cc1ncsc1-c1ccc(CNC(=O)[C@@H]2C[C@@H](O)CN2C(=O)[C@@H](NC(=O)CCCCCCCCOC(N)=O)C(C)(C)SC(c2ccccc2)(c2ccccc2)c2ccccc2)cc1. The predicted molar refractivity (Wildman–Crippen MR) is 251 cm³/mol. The Hall–Kier alpha value is -5.50. The average Bonchev–Trinajstić information content (AvgIpc) is 3.91. The number of hydrogen-bond donors (Lipinski definition) is 4. The molecule has 4 amide bonds. The smallest absolute Gasteiger partial charge is 0.404 e. The first kappa shape index (κ1) is 47.0. The number of benzene rings is 4. The third-order valence-corrected chi connectivity index (χ3v) is 14.3. The van der Waals surface area contributed by atoms with E-state index in [-0.39, 0.29) is 37.7 Å². The summed E-state index contributed by atoms with van der Waals surface area (Å²) in [5.41, 5.74) is 12.8. The third kappa shape index (κ3) is 12.2. The molecule has 0 bridgehead atoms. The number of nitrogens with one attached hydrogen (secondary N) is 2. The lowest BCUT2D eigenvalue weighted by Crippen LogP contribution is -2.60. The number of likely N-dealkylation sites (tertiary alicyclic amines) is 1. The van der Waals surface area contributed by atoms with Crippen molar-refractivity contribution >= 4 is 46.9 Å². The van der Waals surface area contributed by atoms with Gasteiger partial charge in [0, 0.05) is 30.7 Å². The Morgan fingerprint density at radius 2 is 1.40 bits per heavy atom. The molecule has 0 aliphatic carbocycles. The minimum atomic E-state index is -1.08. The molecule has 1 aliphatic rings. The molecule has 3 atom stereocenters. The van der Waals surface area contributed by atoms with Crippen LogP contribution in [-0.2, 0) is 30.4 Å². The quantitative estimate of drug-likeness (QED) is 0.0421. The van der Waals surface area contributed by atoms with Crippen LogP contribution >= 0.6 is 23.1 Å². The van der Waals surface area contributed by atoms with E-state index in [2.05, 4.69) is 52.0 Å². The highest BCUT2D eigenvalue weighted by Crippen LogP contribution is 2.54. The molecule has 0 spiro atoms. The van der Waals surface area contributed by atoms with Crippen molar-refractivity contribution in [3.63, 3.8) is 0 Å². The zero-order chi connectivity index (χ0) is 44.8. The summed E-state index contributed by atoms with van der Waals surface area (Å²) in [6, 6.07) is 36.5. The number of rotatable bonds is 21. The fourth-order valence-corrected chi connectivity index (χ4v) is 11.0. The fraction of sp³-hybridized carbons (Fsp3) is 0.380. The summed E-state index contributed by atoms with van der Waals surface area (Å²) in [5, 5.41) is 17.2. The third-order valence-electron chi connectivity index (χ3n) is 11.5. The van der Waals surface area contributed by atoms with Crippen molar-refractivity contribution in [2.45, 2.75) is 106 Å². The molecule has 13 heteroatoms. The van der Waals surface area contributed by atoms with E-state index in [1.54, 1.807) is 23.1 Å². The number of amides is 4. The number of unbranched alkanes of at least 4 members (excludes halogenated alkanes) is 5. The van der Waals surface area contributed by atoms with Gasteiger partial charge in [0.1, 0.15) is 12.1 Å². The van der Waals surface area contributed by atoms with E-state index in [4.69, 9.17) is 10.5 Å². The number of aliphatic hydroxyl groups excluding tert-OH is 1. The van der Waals surface area contributed by atoms with Gasteiger partial charge in [0.05, 0.1) is 33.5 Å². The molecule has 1 aliphatic heterocycles. The van der Waals surface area contributed by atoms with Gasteiger partial charge in [-0.15, -0.1) is 23.1 Å². The summed E-state index contributed by atoms with van der Waals surface area (Å²) < 4.78 is 3.00. The fourth-order valence-electron chi connectivity index (χ4n) is 8.31. The molecule has 0 saturated carbocycles. The van der Waals surface area contributed by atoms with E-state index in [1.807, 2.05) is 105 Å². The summed E-state index contributed by atoms with van der Waals surface area (Å²) in [7, 11) is 0. The van der Waals surface area contributed by atoms with Crippen LogP contribution in [0.15, 0.2) is 121 Å². The van der Waals surface area contributed by atoms with Crippen LogP contribution in [0.3, 0.4) is 0 Å². The van der Waals surface area contributed by atoms with Crippen molar-refractivity contribution in [1.82, 2.24) is 20.5 Å². The Labute approximate surface area is 379 Å². The number of nitrogens with two attached hydrogens (primary N) is 1. The topological polar surface area (TPSA) is 164 Å². The van der Waals surface area contributed by atoms with Gasteiger partial charge in [0.15, 0.2) is 0 Å². The second-order valence-corrected chi connectivity index (χ2v) is 19.3. The maximum absolute atomic E-state index is 15.2. The number of thiazole rings is 1.